The lowest BCUT2D eigenvalue weighted by Crippen LogP contribution is -2.45. The van der Waals surface area contributed by atoms with E-state index >= 15 is 0 Å². The first-order valence-corrected chi connectivity index (χ1v) is 4.68. The lowest BCUT2D eigenvalue weighted by molar-refractivity contribution is -0.101. The van der Waals surface area contributed by atoms with Crippen LogP contribution in [0, 0.1) is 12.3 Å². The van der Waals surface area contributed by atoms with Gasteiger partial charge in [0.15, 0.2) is 0 Å². The Kier molecular flexibility index (Phi) is 4.84. The number of hydrogen-bond acceptors (Lipinski definition) is 3. The molecular formula is C10H17NO2. The van der Waals surface area contributed by atoms with Gasteiger partial charge in [0.05, 0.1) is 25.9 Å². The zero-order valence-electron chi connectivity index (χ0n) is 8.08. The molecular weight excluding hydrogens is 166 g/mol. The monoisotopic (exact) mass is 183 g/mol. The minimum absolute atomic E-state index is 0.159. The van der Waals surface area contributed by atoms with Crippen molar-refractivity contribution in [3.8, 4) is 12.3 Å². The topological polar surface area (TPSA) is 30.5 Å². The van der Waals surface area contributed by atoms with Crippen molar-refractivity contribution >= 4 is 0 Å². The van der Waals surface area contributed by atoms with Crippen LogP contribution in [0.15, 0.2) is 0 Å². The number of terminal acetylenes is 1. The van der Waals surface area contributed by atoms with Crippen LogP contribution in [0.1, 0.15) is 12.8 Å². The lowest BCUT2D eigenvalue weighted by atomic mass is 10.1. The maximum Gasteiger partial charge on any atom is 0.0962 e. The highest BCUT2D eigenvalue weighted by atomic mass is 16.6. The van der Waals surface area contributed by atoms with Crippen LogP contribution in [0.4, 0.5) is 0 Å². The van der Waals surface area contributed by atoms with E-state index in [4.69, 9.17) is 15.9 Å². The van der Waals surface area contributed by atoms with E-state index in [9.17, 15) is 0 Å². The van der Waals surface area contributed by atoms with Crippen LogP contribution in [0.2, 0.25) is 0 Å². The van der Waals surface area contributed by atoms with Crippen molar-refractivity contribution in [3.63, 3.8) is 0 Å². The molecule has 1 saturated heterocycles. The second-order valence-corrected chi connectivity index (χ2v) is 3.12. The van der Waals surface area contributed by atoms with Crippen LogP contribution in [0.3, 0.4) is 0 Å². The second kappa shape index (κ2) is 5.98. The minimum Gasteiger partial charge on any atom is -0.376 e. The molecule has 0 saturated carbocycles. The van der Waals surface area contributed by atoms with Crippen molar-refractivity contribution < 1.29 is 9.47 Å². The zero-order chi connectivity index (χ0) is 9.52. The standard InChI is InChI=1S/C10H17NO2/c1-3-4-5-9(11-2)10-8-12-6-7-13-10/h1,9-11H,4-8H2,2H3. The molecule has 0 amide bonds. The number of ether oxygens (including phenoxy) is 2. The molecule has 2 atom stereocenters. The Bertz CT molecular complexity index is 170. The smallest absolute Gasteiger partial charge is 0.0962 e. The van der Waals surface area contributed by atoms with Crippen LogP contribution in [0.5, 0.6) is 0 Å². The molecule has 0 aromatic rings. The van der Waals surface area contributed by atoms with E-state index in [1.54, 1.807) is 0 Å². The molecule has 1 aliphatic heterocycles. The van der Waals surface area contributed by atoms with Gasteiger partial charge in [-0.2, -0.15) is 0 Å². The largest absolute Gasteiger partial charge is 0.376 e. The van der Waals surface area contributed by atoms with Crippen LogP contribution >= 0.6 is 0 Å². The lowest BCUT2D eigenvalue weighted by Gasteiger charge is -2.29. The Balaban J connectivity index is 2.31. The van der Waals surface area contributed by atoms with Crippen LogP contribution < -0.4 is 5.32 Å². The molecule has 0 spiro atoms. The van der Waals surface area contributed by atoms with E-state index < -0.39 is 0 Å². The summed E-state index contributed by atoms with van der Waals surface area (Å²) in [5.41, 5.74) is 0. The van der Waals surface area contributed by atoms with Gasteiger partial charge in [-0.25, -0.2) is 0 Å². The quantitative estimate of drug-likeness (QED) is 0.640. The Morgan fingerprint density at radius 2 is 2.46 bits per heavy atom. The van der Waals surface area contributed by atoms with Gasteiger partial charge in [0.2, 0.25) is 0 Å². The van der Waals surface area contributed by atoms with Crippen LogP contribution in [-0.2, 0) is 9.47 Å². The third-order valence-electron chi connectivity index (χ3n) is 2.26. The molecule has 1 N–H and O–H groups in total. The Labute approximate surface area is 79.8 Å². The molecule has 0 bridgehead atoms. The van der Waals surface area contributed by atoms with Crippen molar-refractivity contribution in [2.24, 2.45) is 0 Å². The minimum atomic E-state index is 0.159. The fourth-order valence-electron chi connectivity index (χ4n) is 1.49. The van der Waals surface area contributed by atoms with Gasteiger partial charge >= 0.3 is 0 Å². The van der Waals surface area contributed by atoms with Gasteiger partial charge in [-0.3, -0.25) is 0 Å². The van der Waals surface area contributed by atoms with Gasteiger partial charge in [0.25, 0.3) is 0 Å². The van der Waals surface area contributed by atoms with Crippen LogP contribution in [-0.4, -0.2) is 39.0 Å². The molecule has 1 heterocycles. The van der Waals surface area contributed by atoms with E-state index in [0.29, 0.717) is 25.9 Å². The van der Waals surface area contributed by atoms with Crippen molar-refractivity contribution in [3.05, 3.63) is 0 Å². The summed E-state index contributed by atoms with van der Waals surface area (Å²) in [5, 5.41) is 3.21. The van der Waals surface area contributed by atoms with Crippen LogP contribution in [0.25, 0.3) is 0 Å². The van der Waals surface area contributed by atoms with Crippen molar-refractivity contribution in [1.29, 1.82) is 0 Å². The van der Waals surface area contributed by atoms with Gasteiger partial charge in [0.1, 0.15) is 0 Å². The summed E-state index contributed by atoms with van der Waals surface area (Å²) in [6, 6.07) is 0.316. The van der Waals surface area contributed by atoms with Gasteiger partial charge in [-0.1, -0.05) is 0 Å². The highest BCUT2D eigenvalue weighted by Gasteiger charge is 2.22. The summed E-state index contributed by atoms with van der Waals surface area (Å²) < 4.78 is 10.9. The summed E-state index contributed by atoms with van der Waals surface area (Å²) in [6.45, 7) is 2.08. The molecule has 1 fully saturated rings. The Hall–Kier alpha value is -0.560. The molecule has 1 rings (SSSR count). The van der Waals surface area contributed by atoms with Gasteiger partial charge < -0.3 is 14.8 Å². The molecule has 1 aliphatic rings. The van der Waals surface area contributed by atoms with Crippen molar-refractivity contribution in [1.82, 2.24) is 5.32 Å². The summed E-state index contributed by atoms with van der Waals surface area (Å²) in [7, 11) is 1.93. The first-order chi connectivity index (χ1) is 6.38. The number of nitrogens with one attached hydrogen (secondary N) is 1. The summed E-state index contributed by atoms with van der Waals surface area (Å²) in [4.78, 5) is 0. The van der Waals surface area contributed by atoms with Gasteiger partial charge in [0, 0.05) is 12.5 Å². The van der Waals surface area contributed by atoms with E-state index in [1.165, 1.54) is 0 Å². The Morgan fingerprint density at radius 3 is 3.00 bits per heavy atom. The molecule has 0 radical (unpaired) electrons. The molecule has 3 heteroatoms. The predicted octanol–water partition coefficient (Wildman–Crippen LogP) is 0.403. The van der Waals surface area contributed by atoms with Crippen molar-refractivity contribution in [2.45, 2.75) is 25.0 Å². The average Bonchev–Trinajstić information content (AvgIpc) is 2.21. The SMILES string of the molecule is C#CCCC(NC)C1COCCO1. The summed E-state index contributed by atoms with van der Waals surface area (Å²) in [5.74, 6) is 2.64. The number of rotatable bonds is 4. The van der Waals surface area contributed by atoms with Gasteiger partial charge in [-0.05, 0) is 13.5 Å². The normalized spacial score (nSPS) is 25.1. The van der Waals surface area contributed by atoms with E-state index in [1.807, 2.05) is 7.05 Å². The number of likely N-dealkylation sites (N-methyl/N-ethyl adjacent to an activating group) is 1. The fraction of sp³-hybridized carbons (Fsp3) is 0.800. The molecule has 0 aromatic heterocycles. The second-order valence-electron chi connectivity index (χ2n) is 3.12. The van der Waals surface area contributed by atoms with E-state index in [0.717, 1.165) is 12.8 Å². The average molecular weight is 183 g/mol. The molecule has 0 aromatic carbocycles. The maximum atomic E-state index is 5.57. The summed E-state index contributed by atoms with van der Waals surface area (Å²) in [6.07, 6.45) is 7.10. The third-order valence-corrected chi connectivity index (χ3v) is 2.26. The fourth-order valence-corrected chi connectivity index (χ4v) is 1.49. The molecule has 2 unspecified atom stereocenters. The van der Waals surface area contributed by atoms with Crippen molar-refractivity contribution in [2.75, 3.05) is 26.9 Å². The zero-order valence-corrected chi connectivity index (χ0v) is 8.08. The molecule has 3 nitrogen and oxygen atoms in total. The van der Waals surface area contributed by atoms with E-state index in [2.05, 4.69) is 11.2 Å². The molecule has 0 aliphatic carbocycles. The van der Waals surface area contributed by atoms with Gasteiger partial charge in [-0.15, -0.1) is 12.3 Å². The highest BCUT2D eigenvalue weighted by Crippen LogP contribution is 2.09. The highest BCUT2D eigenvalue weighted by molar-refractivity contribution is 4.88. The van der Waals surface area contributed by atoms with E-state index in [-0.39, 0.29) is 6.10 Å². The third kappa shape index (κ3) is 3.35. The molecule has 13 heavy (non-hydrogen) atoms. The number of hydrogen-bond donors (Lipinski definition) is 1. The predicted molar refractivity (Wildman–Crippen MR) is 51.5 cm³/mol. The first kappa shape index (κ1) is 10.5. The molecule has 74 valence electrons. The first-order valence-electron chi connectivity index (χ1n) is 4.68. The summed E-state index contributed by atoms with van der Waals surface area (Å²) >= 11 is 0. The Morgan fingerprint density at radius 1 is 1.62 bits per heavy atom. The maximum absolute atomic E-state index is 5.57.